The zero-order valence-electron chi connectivity index (χ0n) is 43.1. The molecule has 0 aliphatic rings. The van der Waals surface area contributed by atoms with Crippen molar-refractivity contribution in [1.29, 1.82) is 0 Å². The van der Waals surface area contributed by atoms with E-state index in [9.17, 15) is 14.4 Å². The summed E-state index contributed by atoms with van der Waals surface area (Å²) in [7, 11) is 0. The number of unbranched alkanes of at least 4 members (excludes halogenated alkanes) is 37. The Labute approximate surface area is 398 Å². The molecule has 0 saturated heterocycles. The smallest absolute Gasteiger partial charge is 0.306 e. The molecule has 0 aromatic rings. The highest BCUT2D eigenvalue weighted by atomic mass is 16.6. The second-order valence-corrected chi connectivity index (χ2v) is 19.2. The van der Waals surface area contributed by atoms with Crippen LogP contribution in [0.25, 0.3) is 0 Å². The van der Waals surface area contributed by atoms with E-state index < -0.39 is 6.10 Å². The summed E-state index contributed by atoms with van der Waals surface area (Å²) in [6.07, 6.45) is 61.6. The summed E-state index contributed by atoms with van der Waals surface area (Å²) >= 11 is 0. The summed E-state index contributed by atoms with van der Waals surface area (Å²) in [5.74, 6) is -0.872. The van der Waals surface area contributed by atoms with Gasteiger partial charge in [0, 0.05) is 19.3 Å². The Bertz CT molecular complexity index is 1040. The van der Waals surface area contributed by atoms with Crippen molar-refractivity contribution >= 4 is 17.9 Å². The van der Waals surface area contributed by atoms with Crippen molar-refractivity contribution in [3.63, 3.8) is 0 Å². The van der Waals surface area contributed by atoms with E-state index in [2.05, 4.69) is 45.1 Å². The molecule has 0 amide bonds. The SMILES string of the molecule is CCCCCCCCC/C=C\CCCCCCCC(=O)OCC(COC(=O)CCCCCCCCCCCCCCCC)OC(=O)CCCCCCC/C=C\CCCCCCCCC. The van der Waals surface area contributed by atoms with Crippen molar-refractivity contribution in [2.45, 2.75) is 316 Å². The Balaban J connectivity index is 4.36. The van der Waals surface area contributed by atoms with Crippen molar-refractivity contribution in [3.05, 3.63) is 24.3 Å². The minimum atomic E-state index is -0.775. The fourth-order valence-electron chi connectivity index (χ4n) is 8.37. The lowest BCUT2D eigenvalue weighted by atomic mass is 10.0. The Kier molecular flexibility index (Phi) is 51.7. The van der Waals surface area contributed by atoms with E-state index in [1.54, 1.807) is 0 Å². The van der Waals surface area contributed by atoms with Crippen LogP contribution >= 0.6 is 0 Å². The molecule has 376 valence electrons. The molecule has 1 unspecified atom stereocenters. The fraction of sp³-hybridized carbons (Fsp3) is 0.879. The topological polar surface area (TPSA) is 78.9 Å². The first-order valence-corrected chi connectivity index (χ1v) is 28.3. The third kappa shape index (κ3) is 50.9. The molecular weight excluding hydrogens is 793 g/mol. The number of esters is 3. The number of carbonyl (C=O) groups is 3. The van der Waals surface area contributed by atoms with Gasteiger partial charge in [0.05, 0.1) is 0 Å². The summed E-state index contributed by atoms with van der Waals surface area (Å²) in [5.41, 5.74) is 0. The Morgan fingerprint density at radius 2 is 0.516 bits per heavy atom. The molecule has 0 rings (SSSR count). The predicted molar refractivity (Wildman–Crippen MR) is 275 cm³/mol. The van der Waals surface area contributed by atoms with Crippen LogP contribution in [-0.2, 0) is 28.6 Å². The highest BCUT2D eigenvalue weighted by Gasteiger charge is 2.19. The molecule has 6 nitrogen and oxygen atoms in total. The monoisotopic (exact) mass is 901 g/mol. The molecule has 0 aliphatic carbocycles. The van der Waals surface area contributed by atoms with E-state index in [4.69, 9.17) is 14.2 Å². The average Bonchev–Trinajstić information content (AvgIpc) is 3.29. The van der Waals surface area contributed by atoms with Crippen LogP contribution in [0.1, 0.15) is 310 Å². The van der Waals surface area contributed by atoms with Crippen molar-refractivity contribution in [3.8, 4) is 0 Å². The molecule has 0 aliphatic heterocycles. The number of allylic oxidation sites excluding steroid dienone is 4. The van der Waals surface area contributed by atoms with E-state index >= 15 is 0 Å². The van der Waals surface area contributed by atoms with Crippen LogP contribution in [0, 0.1) is 0 Å². The minimum Gasteiger partial charge on any atom is -0.462 e. The fourth-order valence-corrected chi connectivity index (χ4v) is 8.37. The van der Waals surface area contributed by atoms with Gasteiger partial charge in [-0.2, -0.15) is 0 Å². The molecular formula is C58H108O6. The standard InChI is InChI=1S/C58H108O6/c1-4-7-10-13-16-19-22-25-28-30-33-36-39-42-45-48-51-57(60)63-54-55(53-62-56(59)50-47-44-41-38-35-32-27-24-21-18-15-12-9-6-3)64-58(61)52-49-46-43-40-37-34-31-29-26-23-20-17-14-11-8-5-2/h28-31,55H,4-27,32-54H2,1-3H3/b30-28-,31-29-. The molecule has 64 heavy (non-hydrogen) atoms. The largest absolute Gasteiger partial charge is 0.462 e. The van der Waals surface area contributed by atoms with Gasteiger partial charge in [0.25, 0.3) is 0 Å². The van der Waals surface area contributed by atoms with E-state index in [0.717, 1.165) is 70.6 Å². The van der Waals surface area contributed by atoms with Gasteiger partial charge in [-0.1, -0.05) is 244 Å². The Hall–Kier alpha value is -2.11. The molecule has 0 N–H and O–H groups in total. The van der Waals surface area contributed by atoms with Crippen LogP contribution in [0.4, 0.5) is 0 Å². The minimum absolute atomic E-state index is 0.0730. The number of rotatable bonds is 52. The van der Waals surface area contributed by atoms with Gasteiger partial charge < -0.3 is 14.2 Å². The third-order valence-electron chi connectivity index (χ3n) is 12.7. The molecule has 0 bridgehead atoms. The summed E-state index contributed by atoms with van der Waals surface area (Å²) in [5, 5.41) is 0. The zero-order valence-corrected chi connectivity index (χ0v) is 43.1. The van der Waals surface area contributed by atoms with Crippen molar-refractivity contribution in [2.75, 3.05) is 13.2 Å². The summed E-state index contributed by atoms with van der Waals surface area (Å²) in [4.78, 5) is 38.1. The molecule has 0 radical (unpaired) electrons. The van der Waals surface area contributed by atoms with Crippen molar-refractivity contribution in [1.82, 2.24) is 0 Å². The van der Waals surface area contributed by atoms with Crippen LogP contribution in [0.5, 0.6) is 0 Å². The first-order valence-electron chi connectivity index (χ1n) is 28.3. The second kappa shape index (κ2) is 53.5. The van der Waals surface area contributed by atoms with Gasteiger partial charge in [-0.05, 0) is 70.6 Å². The van der Waals surface area contributed by atoms with Gasteiger partial charge in [0.2, 0.25) is 0 Å². The molecule has 6 heteroatoms. The predicted octanol–water partition coefficient (Wildman–Crippen LogP) is 18.7. The van der Waals surface area contributed by atoms with E-state index in [1.807, 2.05) is 0 Å². The van der Waals surface area contributed by atoms with Gasteiger partial charge >= 0.3 is 17.9 Å². The zero-order chi connectivity index (χ0) is 46.5. The third-order valence-corrected chi connectivity index (χ3v) is 12.7. The lowest BCUT2D eigenvalue weighted by molar-refractivity contribution is -0.167. The van der Waals surface area contributed by atoms with Crippen LogP contribution in [0.2, 0.25) is 0 Å². The summed E-state index contributed by atoms with van der Waals surface area (Å²) < 4.78 is 16.9. The van der Waals surface area contributed by atoms with Gasteiger partial charge in [-0.25, -0.2) is 0 Å². The maximum atomic E-state index is 12.8. The summed E-state index contributed by atoms with van der Waals surface area (Å²) in [6.45, 7) is 6.66. The number of hydrogen-bond donors (Lipinski definition) is 0. The quantitative estimate of drug-likeness (QED) is 0.0262. The lowest BCUT2D eigenvalue weighted by Crippen LogP contribution is -2.30. The lowest BCUT2D eigenvalue weighted by Gasteiger charge is -2.18. The molecule has 0 saturated carbocycles. The maximum absolute atomic E-state index is 12.8. The average molecular weight is 901 g/mol. The number of hydrogen-bond acceptors (Lipinski definition) is 6. The molecule has 0 fully saturated rings. The van der Waals surface area contributed by atoms with Crippen molar-refractivity contribution < 1.29 is 28.6 Å². The van der Waals surface area contributed by atoms with Gasteiger partial charge in [-0.15, -0.1) is 0 Å². The van der Waals surface area contributed by atoms with E-state index in [1.165, 1.54) is 199 Å². The van der Waals surface area contributed by atoms with Crippen LogP contribution in [0.3, 0.4) is 0 Å². The summed E-state index contributed by atoms with van der Waals surface area (Å²) in [6, 6.07) is 0. The molecule has 0 aromatic heterocycles. The Morgan fingerprint density at radius 1 is 0.297 bits per heavy atom. The molecule has 0 heterocycles. The van der Waals surface area contributed by atoms with Crippen molar-refractivity contribution in [2.24, 2.45) is 0 Å². The maximum Gasteiger partial charge on any atom is 0.306 e. The molecule has 1 atom stereocenters. The normalized spacial score (nSPS) is 12.1. The first kappa shape index (κ1) is 61.9. The number of carbonyl (C=O) groups excluding carboxylic acids is 3. The highest BCUT2D eigenvalue weighted by Crippen LogP contribution is 2.16. The van der Waals surface area contributed by atoms with E-state index in [0.29, 0.717) is 19.3 Å². The molecule has 0 aromatic carbocycles. The van der Waals surface area contributed by atoms with Crippen LogP contribution < -0.4 is 0 Å². The van der Waals surface area contributed by atoms with Crippen LogP contribution in [-0.4, -0.2) is 37.2 Å². The highest BCUT2D eigenvalue weighted by molar-refractivity contribution is 5.71. The molecule has 0 spiro atoms. The van der Waals surface area contributed by atoms with Gasteiger partial charge in [-0.3, -0.25) is 14.4 Å². The Morgan fingerprint density at radius 3 is 0.781 bits per heavy atom. The first-order chi connectivity index (χ1) is 31.5. The van der Waals surface area contributed by atoms with E-state index in [-0.39, 0.29) is 31.1 Å². The van der Waals surface area contributed by atoms with Crippen LogP contribution in [0.15, 0.2) is 24.3 Å². The van der Waals surface area contributed by atoms with Gasteiger partial charge in [0.15, 0.2) is 6.10 Å². The van der Waals surface area contributed by atoms with Gasteiger partial charge in [0.1, 0.15) is 13.2 Å². The second-order valence-electron chi connectivity index (χ2n) is 19.2. The number of ether oxygens (including phenoxy) is 3.